The van der Waals surface area contributed by atoms with E-state index in [1.807, 2.05) is 0 Å². The fourth-order valence-electron chi connectivity index (χ4n) is 1.77. The highest BCUT2D eigenvalue weighted by molar-refractivity contribution is 9.10. The van der Waals surface area contributed by atoms with Gasteiger partial charge < -0.3 is 5.11 Å². The van der Waals surface area contributed by atoms with Gasteiger partial charge in [-0.15, -0.1) is 0 Å². The Hall–Kier alpha value is -1.03. The van der Waals surface area contributed by atoms with Crippen molar-refractivity contribution in [3.63, 3.8) is 0 Å². The molecule has 1 unspecified atom stereocenters. The largest absolute Gasteiger partial charge is 0.391 e. The van der Waals surface area contributed by atoms with Crippen LogP contribution in [-0.2, 0) is 10.0 Å². The van der Waals surface area contributed by atoms with Crippen molar-refractivity contribution in [3.05, 3.63) is 32.8 Å². The molecule has 0 bridgehead atoms. The average Bonchev–Trinajstić information content (AvgIpc) is 3.20. The Labute approximate surface area is 124 Å². The standard InChI is InChI=1S/C11H13BrN2O5S/c12-8-3-4-9(14(16)17)11(5-8)20(18,19)13-6-10(15)7-1-2-7/h3-5,7,10,13,15H,1-2,6H2. The molecule has 1 aromatic rings. The van der Waals surface area contributed by atoms with Gasteiger partial charge >= 0.3 is 0 Å². The van der Waals surface area contributed by atoms with Gasteiger partial charge in [0, 0.05) is 17.1 Å². The van der Waals surface area contributed by atoms with Crippen LogP contribution in [0.4, 0.5) is 5.69 Å². The number of sulfonamides is 1. The molecule has 2 N–H and O–H groups in total. The van der Waals surface area contributed by atoms with Crippen LogP contribution in [-0.4, -0.2) is 31.1 Å². The van der Waals surface area contributed by atoms with Gasteiger partial charge in [-0.25, -0.2) is 13.1 Å². The van der Waals surface area contributed by atoms with Gasteiger partial charge in [-0.05, 0) is 30.9 Å². The van der Waals surface area contributed by atoms with Gasteiger partial charge in [0.05, 0.1) is 11.0 Å². The topological polar surface area (TPSA) is 110 Å². The molecule has 2 rings (SSSR count). The van der Waals surface area contributed by atoms with Crippen LogP contribution >= 0.6 is 15.9 Å². The molecule has 9 heteroatoms. The second-order valence-electron chi connectivity index (χ2n) is 4.63. The van der Waals surface area contributed by atoms with Crippen molar-refractivity contribution in [3.8, 4) is 0 Å². The maximum Gasteiger partial charge on any atom is 0.289 e. The van der Waals surface area contributed by atoms with E-state index in [1.165, 1.54) is 12.1 Å². The van der Waals surface area contributed by atoms with E-state index in [-0.39, 0.29) is 12.5 Å². The van der Waals surface area contributed by atoms with Crippen LogP contribution < -0.4 is 4.72 Å². The predicted octanol–water partition coefficient (Wildman–Crippen LogP) is 1.41. The van der Waals surface area contributed by atoms with Crippen LogP contribution in [0, 0.1) is 16.0 Å². The molecule has 0 spiro atoms. The second-order valence-corrected chi connectivity index (χ2v) is 7.28. The maximum atomic E-state index is 12.1. The lowest BCUT2D eigenvalue weighted by molar-refractivity contribution is -0.387. The molecule has 1 fully saturated rings. The fourth-order valence-corrected chi connectivity index (χ4v) is 3.53. The summed E-state index contributed by atoms with van der Waals surface area (Å²) in [5.41, 5.74) is -0.499. The number of halogens is 1. The molecule has 1 aliphatic rings. The Balaban J connectivity index is 2.23. The molecule has 20 heavy (non-hydrogen) atoms. The highest BCUT2D eigenvalue weighted by atomic mass is 79.9. The van der Waals surface area contributed by atoms with Crippen LogP contribution in [0.3, 0.4) is 0 Å². The van der Waals surface area contributed by atoms with E-state index in [9.17, 15) is 23.6 Å². The summed E-state index contributed by atoms with van der Waals surface area (Å²) in [7, 11) is -4.04. The zero-order valence-corrected chi connectivity index (χ0v) is 12.7. The van der Waals surface area contributed by atoms with Crippen LogP contribution in [0.5, 0.6) is 0 Å². The van der Waals surface area contributed by atoms with E-state index < -0.39 is 31.6 Å². The molecular formula is C11H13BrN2O5S. The third-order valence-electron chi connectivity index (χ3n) is 3.06. The Morgan fingerprint density at radius 2 is 2.15 bits per heavy atom. The van der Waals surface area contributed by atoms with Crippen LogP contribution in [0.1, 0.15) is 12.8 Å². The first-order valence-electron chi connectivity index (χ1n) is 5.93. The molecule has 0 aliphatic heterocycles. The number of nitro groups is 1. The Bertz CT molecular complexity index is 630. The Morgan fingerprint density at radius 3 is 2.70 bits per heavy atom. The summed E-state index contributed by atoms with van der Waals surface area (Å²) in [6.07, 6.45) is 0.996. The molecule has 7 nitrogen and oxygen atoms in total. The lowest BCUT2D eigenvalue weighted by Gasteiger charge is -2.11. The first-order valence-corrected chi connectivity index (χ1v) is 8.20. The van der Waals surface area contributed by atoms with Crippen LogP contribution in [0.2, 0.25) is 0 Å². The number of nitrogens with zero attached hydrogens (tertiary/aromatic N) is 1. The third-order valence-corrected chi connectivity index (χ3v) is 5.00. The van der Waals surface area contributed by atoms with Crippen LogP contribution in [0.25, 0.3) is 0 Å². The highest BCUT2D eigenvalue weighted by Gasteiger charge is 2.32. The molecule has 1 atom stereocenters. The van der Waals surface area contributed by atoms with Crippen LogP contribution in [0.15, 0.2) is 27.6 Å². The van der Waals surface area contributed by atoms with Crippen molar-refractivity contribution in [2.45, 2.75) is 23.8 Å². The third kappa shape index (κ3) is 3.54. The van der Waals surface area contributed by atoms with Crippen molar-refractivity contribution in [2.75, 3.05) is 6.54 Å². The van der Waals surface area contributed by atoms with E-state index in [1.54, 1.807) is 0 Å². The van der Waals surface area contributed by atoms with Gasteiger partial charge in [0.15, 0.2) is 4.90 Å². The quantitative estimate of drug-likeness (QED) is 0.585. The van der Waals surface area contributed by atoms with Crippen molar-refractivity contribution >= 4 is 31.6 Å². The molecule has 0 amide bonds. The molecule has 1 aliphatic carbocycles. The molecule has 1 aromatic carbocycles. The molecule has 110 valence electrons. The molecular weight excluding hydrogens is 352 g/mol. The van der Waals surface area contributed by atoms with Gasteiger partial charge in [-0.2, -0.15) is 0 Å². The zero-order chi connectivity index (χ0) is 14.9. The number of nitro benzene ring substituents is 1. The summed E-state index contributed by atoms with van der Waals surface area (Å²) < 4.78 is 26.9. The summed E-state index contributed by atoms with van der Waals surface area (Å²) in [6.45, 7) is -0.142. The maximum absolute atomic E-state index is 12.1. The summed E-state index contributed by atoms with van der Waals surface area (Å²) in [5, 5.41) is 20.5. The van der Waals surface area contributed by atoms with Crippen molar-refractivity contribution in [2.24, 2.45) is 5.92 Å². The number of benzene rings is 1. The number of hydrogen-bond donors (Lipinski definition) is 2. The number of aliphatic hydroxyl groups excluding tert-OH is 1. The van der Waals surface area contributed by atoms with E-state index in [0.29, 0.717) is 4.47 Å². The second kappa shape index (κ2) is 5.76. The van der Waals surface area contributed by atoms with Crippen molar-refractivity contribution in [1.82, 2.24) is 4.72 Å². The molecule has 0 aromatic heterocycles. The first kappa shape index (κ1) is 15.4. The van der Waals surface area contributed by atoms with Gasteiger partial charge in [0.2, 0.25) is 10.0 Å². The Kier molecular flexibility index (Phi) is 4.43. The summed E-state index contributed by atoms with van der Waals surface area (Å²) in [6, 6.07) is 3.69. The molecule has 1 saturated carbocycles. The number of hydrogen-bond acceptors (Lipinski definition) is 5. The summed E-state index contributed by atoms with van der Waals surface area (Å²) in [5.74, 6) is 0.121. The lowest BCUT2D eigenvalue weighted by Crippen LogP contribution is -2.33. The van der Waals surface area contributed by atoms with Crippen molar-refractivity contribution < 1.29 is 18.4 Å². The SMILES string of the molecule is O=[N+]([O-])c1ccc(Br)cc1S(=O)(=O)NCC(O)C1CC1. The van der Waals surface area contributed by atoms with Gasteiger partial charge in [-0.1, -0.05) is 15.9 Å². The summed E-state index contributed by atoms with van der Waals surface area (Å²) >= 11 is 3.09. The fraction of sp³-hybridized carbons (Fsp3) is 0.455. The van der Waals surface area contributed by atoms with Gasteiger partial charge in [-0.3, -0.25) is 10.1 Å². The number of rotatable bonds is 6. The summed E-state index contributed by atoms with van der Waals surface area (Å²) in [4.78, 5) is 9.72. The van der Waals surface area contributed by atoms with Gasteiger partial charge in [0.25, 0.3) is 5.69 Å². The number of aliphatic hydroxyl groups is 1. The van der Waals surface area contributed by atoms with E-state index in [4.69, 9.17) is 0 Å². The lowest BCUT2D eigenvalue weighted by atomic mass is 10.2. The van der Waals surface area contributed by atoms with E-state index >= 15 is 0 Å². The Morgan fingerprint density at radius 1 is 1.50 bits per heavy atom. The van der Waals surface area contributed by atoms with Crippen molar-refractivity contribution in [1.29, 1.82) is 0 Å². The van der Waals surface area contributed by atoms with E-state index in [0.717, 1.165) is 18.9 Å². The highest BCUT2D eigenvalue weighted by Crippen LogP contribution is 2.32. The zero-order valence-electron chi connectivity index (χ0n) is 10.3. The van der Waals surface area contributed by atoms with E-state index in [2.05, 4.69) is 20.7 Å². The normalized spacial score (nSPS) is 16.9. The molecule has 0 radical (unpaired) electrons. The monoisotopic (exact) mass is 364 g/mol. The molecule has 0 heterocycles. The minimum absolute atomic E-state index is 0.121. The predicted molar refractivity (Wildman–Crippen MR) is 74.7 cm³/mol. The minimum Gasteiger partial charge on any atom is -0.391 e. The smallest absolute Gasteiger partial charge is 0.289 e. The first-order chi connectivity index (χ1) is 9.31. The van der Waals surface area contributed by atoms with Gasteiger partial charge in [0.1, 0.15) is 0 Å². The molecule has 0 saturated heterocycles. The number of nitrogens with one attached hydrogen (secondary N) is 1. The minimum atomic E-state index is -4.04. The average molecular weight is 365 g/mol.